The molecule has 188 valence electrons. The normalized spacial score (nSPS) is 14.1. The van der Waals surface area contributed by atoms with Crippen molar-refractivity contribution < 1.29 is 24.3 Å². The number of benzene rings is 1. The number of nitrogens with one attached hydrogen (secondary N) is 3. The van der Waals surface area contributed by atoms with E-state index >= 15 is 0 Å². The van der Waals surface area contributed by atoms with Crippen LogP contribution in [0.2, 0.25) is 0 Å². The second-order valence-electron chi connectivity index (χ2n) is 7.62. The van der Waals surface area contributed by atoms with E-state index in [1.807, 2.05) is 30.3 Å². The zero-order valence-corrected chi connectivity index (χ0v) is 19.8. The zero-order chi connectivity index (χ0) is 25.7. The fourth-order valence-electron chi connectivity index (χ4n) is 2.85. The number of nitrogens with two attached hydrogens (primary N) is 3. The molecule has 4 atom stereocenters. The quantitative estimate of drug-likeness (QED) is 0.0629. The Morgan fingerprint density at radius 2 is 1.59 bits per heavy atom. The molecule has 0 bridgehead atoms. The lowest BCUT2D eigenvalue weighted by atomic mass is 10.1. The maximum atomic E-state index is 12.8. The fourth-order valence-corrected chi connectivity index (χ4v) is 3.11. The highest BCUT2D eigenvalue weighted by atomic mass is 32.1. The molecule has 1 aromatic rings. The Bertz CT molecular complexity index is 864. The molecule has 0 aliphatic carbocycles. The van der Waals surface area contributed by atoms with Crippen molar-refractivity contribution >= 4 is 42.3 Å². The van der Waals surface area contributed by atoms with Gasteiger partial charge in [0, 0.05) is 12.3 Å². The summed E-state index contributed by atoms with van der Waals surface area (Å²) in [4.78, 5) is 52.7. The molecule has 0 fully saturated rings. The molecule has 0 saturated heterocycles. The van der Waals surface area contributed by atoms with Crippen molar-refractivity contribution in [2.75, 3.05) is 12.3 Å². The number of aliphatic carboxylic acids is 1. The van der Waals surface area contributed by atoms with Crippen molar-refractivity contribution in [1.29, 1.82) is 0 Å². The maximum Gasteiger partial charge on any atom is 0.325 e. The predicted octanol–water partition coefficient (Wildman–Crippen LogP) is -1.90. The van der Waals surface area contributed by atoms with Crippen LogP contribution in [-0.4, -0.2) is 71.2 Å². The van der Waals surface area contributed by atoms with Crippen molar-refractivity contribution in [2.45, 2.75) is 50.4 Å². The molecule has 1 rings (SSSR count). The van der Waals surface area contributed by atoms with E-state index in [1.54, 1.807) is 0 Å². The summed E-state index contributed by atoms with van der Waals surface area (Å²) < 4.78 is 0. The molecular formula is C21H33N7O5S. The second-order valence-corrected chi connectivity index (χ2v) is 7.98. The Morgan fingerprint density at radius 3 is 2.15 bits per heavy atom. The van der Waals surface area contributed by atoms with Crippen molar-refractivity contribution in [3.8, 4) is 0 Å². The molecule has 0 aromatic heterocycles. The van der Waals surface area contributed by atoms with E-state index in [4.69, 9.17) is 22.3 Å². The molecular weight excluding hydrogens is 462 g/mol. The summed E-state index contributed by atoms with van der Waals surface area (Å²) in [7, 11) is 0. The number of rotatable bonds is 14. The maximum absolute atomic E-state index is 12.8. The first-order valence-corrected chi connectivity index (χ1v) is 11.3. The highest BCUT2D eigenvalue weighted by Gasteiger charge is 2.28. The van der Waals surface area contributed by atoms with Gasteiger partial charge in [0.25, 0.3) is 0 Å². The van der Waals surface area contributed by atoms with Crippen LogP contribution in [0, 0.1) is 0 Å². The average Bonchev–Trinajstić information content (AvgIpc) is 2.79. The van der Waals surface area contributed by atoms with Gasteiger partial charge < -0.3 is 38.3 Å². The molecule has 0 radical (unpaired) electrons. The van der Waals surface area contributed by atoms with Gasteiger partial charge in [0.2, 0.25) is 17.7 Å². The topological polar surface area (TPSA) is 215 Å². The Kier molecular flexibility index (Phi) is 12.5. The van der Waals surface area contributed by atoms with Crippen molar-refractivity contribution in [3.05, 3.63) is 35.9 Å². The summed E-state index contributed by atoms with van der Waals surface area (Å²) in [5.74, 6) is -3.31. The van der Waals surface area contributed by atoms with E-state index in [0.29, 0.717) is 6.42 Å². The van der Waals surface area contributed by atoms with Crippen LogP contribution >= 0.6 is 12.6 Å². The summed E-state index contributed by atoms with van der Waals surface area (Å²) in [5.41, 5.74) is 17.4. The van der Waals surface area contributed by atoms with Gasteiger partial charge in [-0.05, 0) is 31.7 Å². The third kappa shape index (κ3) is 10.5. The second kappa shape index (κ2) is 14.8. The Labute approximate surface area is 203 Å². The molecule has 3 amide bonds. The van der Waals surface area contributed by atoms with Gasteiger partial charge in [-0.3, -0.25) is 24.2 Å². The van der Waals surface area contributed by atoms with Crippen molar-refractivity contribution in [3.63, 3.8) is 0 Å². The molecule has 34 heavy (non-hydrogen) atoms. The number of carboxylic acid groups (broad SMARTS) is 1. The number of carboxylic acids is 1. The Morgan fingerprint density at radius 1 is 1.00 bits per heavy atom. The zero-order valence-electron chi connectivity index (χ0n) is 18.9. The summed E-state index contributed by atoms with van der Waals surface area (Å²) in [5, 5.41) is 16.4. The molecule has 10 N–H and O–H groups in total. The van der Waals surface area contributed by atoms with E-state index in [0.717, 1.165) is 5.56 Å². The van der Waals surface area contributed by atoms with Crippen LogP contribution in [0.25, 0.3) is 0 Å². The van der Waals surface area contributed by atoms with Gasteiger partial charge in [0.05, 0.1) is 6.04 Å². The van der Waals surface area contributed by atoms with E-state index in [9.17, 15) is 19.2 Å². The summed E-state index contributed by atoms with van der Waals surface area (Å²) in [6.07, 6.45) is 0.732. The molecule has 4 unspecified atom stereocenters. The van der Waals surface area contributed by atoms with Gasteiger partial charge in [0.1, 0.15) is 18.1 Å². The van der Waals surface area contributed by atoms with Gasteiger partial charge in [-0.15, -0.1) is 0 Å². The SMILES string of the molecule is CC(NC(=O)C(CCCN=C(N)N)NC(=O)C(CS)NC(=O)C(N)Cc1ccccc1)C(=O)O. The molecule has 0 saturated carbocycles. The Hall–Kier alpha value is -3.32. The van der Waals surface area contributed by atoms with E-state index in [1.165, 1.54) is 6.92 Å². The molecule has 12 nitrogen and oxygen atoms in total. The predicted molar refractivity (Wildman–Crippen MR) is 131 cm³/mol. The number of amides is 3. The highest BCUT2D eigenvalue weighted by molar-refractivity contribution is 7.80. The van der Waals surface area contributed by atoms with Crippen LogP contribution in [-0.2, 0) is 25.6 Å². The Balaban J connectivity index is 2.80. The molecule has 1 aromatic carbocycles. The minimum atomic E-state index is -1.23. The molecule has 0 spiro atoms. The number of nitrogens with zero attached hydrogens (tertiary/aromatic N) is 1. The lowest BCUT2D eigenvalue weighted by Crippen LogP contribution is -2.57. The number of hydrogen-bond donors (Lipinski definition) is 8. The number of carbonyl (C=O) groups excluding carboxylic acids is 3. The van der Waals surface area contributed by atoms with Crippen LogP contribution in [0.15, 0.2) is 35.3 Å². The van der Waals surface area contributed by atoms with Crippen molar-refractivity contribution in [1.82, 2.24) is 16.0 Å². The number of guanidine groups is 1. The van der Waals surface area contributed by atoms with Gasteiger partial charge in [-0.1, -0.05) is 30.3 Å². The smallest absolute Gasteiger partial charge is 0.325 e. The van der Waals surface area contributed by atoms with Gasteiger partial charge in [-0.2, -0.15) is 12.6 Å². The highest BCUT2D eigenvalue weighted by Crippen LogP contribution is 2.04. The monoisotopic (exact) mass is 495 g/mol. The van der Waals surface area contributed by atoms with Crippen LogP contribution in [0.5, 0.6) is 0 Å². The third-order valence-electron chi connectivity index (χ3n) is 4.76. The van der Waals surface area contributed by atoms with E-state index in [-0.39, 0.29) is 31.1 Å². The van der Waals surface area contributed by atoms with Crippen LogP contribution < -0.4 is 33.2 Å². The summed E-state index contributed by atoms with van der Waals surface area (Å²) in [6, 6.07) is 4.95. The van der Waals surface area contributed by atoms with Crippen LogP contribution in [0.4, 0.5) is 0 Å². The molecule has 0 heterocycles. The fraction of sp³-hybridized carbons (Fsp3) is 0.476. The van der Waals surface area contributed by atoms with Crippen LogP contribution in [0.3, 0.4) is 0 Å². The van der Waals surface area contributed by atoms with Gasteiger partial charge in [0.15, 0.2) is 5.96 Å². The number of carbonyl (C=O) groups is 4. The minimum absolute atomic E-state index is 0.0521. The molecule has 0 aliphatic rings. The van der Waals surface area contributed by atoms with E-state index in [2.05, 4.69) is 33.6 Å². The summed E-state index contributed by atoms with van der Waals surface area (Å²) >= 11 is 4.12. The third-order valence-corrected chi connectivity index (χ3v) is 5.12. The molecule has 0 aliphatic heterocycles. The summed E-state index contributed by atoms with van der Waals surface area (Å²) in [6.45, 7) is 1.50. The largest absolute Gasteiger partial charge is 0.480 e. The number of aliphatic imine (C=N–C) groups is 1. The van der Waals surface area contributed by atoms with Crippen molar-refractivity contribution in [2.24, 2.45) is 22.2 Å². The van der Waals surface area contributed by atoms with Crippen LogP contribution in [0.1, 0.15) is 25.3 Å². The lowest BCUT2D eigenvalue weighted by Gasteiger charge is -2.24. The van der Waals surface area contributed by atoms with Gasteiger partial charge in [-0.25, -0.2) is 0 Å². The standard InChI is InChI=1S/C21H33N7O5S/c1-12(20(32)33)26-18(30)15(8-5-9-25-21(23)24)27-19(31)16(11-34)28-17(29)14(22)10-13-6-3-2-4-7-13/h2-4,6-7,12,14-16,34H,5,8-11,22H2,1H3,(H,26,30)(H,27,31)(H,28,29)(H,32,33)(H4,23,24,25). The number of thiol groups is 1. The first-order chi connectivity index (χ1) is 16.0. The minimum Gasteiger partial charge on any atom is -0.480 e. The van der Waals surface area contributed by atoms with Gasteiger partial charge >= 0.3 is 5.97 Å². The first kappa shape index (κ1) is 28.7. The number of hydrogen-bond acceptors (Lipinski definition) is 7. The molecule has 13 heteroatoms. The average molecular weight is 496 g/mol. The first-order valence-electron chi connectivity index (χ1n) is 10.6. The van der Waals surface area contributed by atoms with E-state index < -0.39 is 47.9 Å². The lowest BCUT2D eigenvalue weighted by molar-refractivity contribution is -0.141.